The molecular weight excluding hydrogens is 241 g/mol. The van der Waals surface area contributed by atoms with Crippen LogP contribution in [0.3, 0.4) is 0 Å². The van der Waals surface area contributed by atoms with Crippen LogP contribution in [0.2, 0.25) is 0 Å². The molecule has 0 amide bonds. The number of rotatable bonds is 6. The van der Waals surface area contributed by atoms with E-state index in [0.717, 1.165) is 0 Å². The number of nitrogens with two attached hydrogens (primary N) is 1. The highest BCUT2D eigenvalue weighted by Gasteiger charge is 2.33. The number of phenolic OH excluding ortho intramolecular Hbond substituents is 1. The molecule has 0 bridgehead atoms. The maximum atomic E-state index is 12.4. The fraction of sp³-hybridized carbons (Fsp3) is 0.455. The maximum Gasteiger partial charge on any atom is 0.351 e. The average molecular weight is 259 g/mol. The summed E-state index contributed by atoms with van der Waals surface area (Å²) in [4.78, 5) is 0. The van der Waals surface area contributed by atoms with Crippen molar-refractivity contribution in [3.8, 4) is 5.75 Å². The predicted molar refractivity (Wildman–Crippen MR) is 65.9 cm³/mol. The van der Waals surface area contributed by atoms with Crippen LogP contribution in [0.4, 0.5) is 0 Å². The van der Waals surface area contributed by atoms with Crippen molar-refractivity contribution < 1.29 is 18.7 Å². The van der Waals surface area contributed by atoms with Gasteiger partial charge in [0.2, 0.25) is 0 Å². The minimum absolute atomic E-state index is 0.0671. The lowest BCUT2D eigenvalue weighted by atomic mass is 10.2. The second kappa shape index (κ2) is 6.17. The third-order valence-electron chi connectivity index (χ3n) is 2.17. The molecule has 1 atom stereocenters. The lowest BCUT2D eigenvalue weighted by Gasteiger charge is -2.23. The number of phenols is 1. The van der Waals surface area contributed by atoms with Crippen molar-refractivity contribution in [2.24, 2.45) is 5.73 Å². The molecule has 0 unspecified atom stereocenters. The van der Waals surface area contributed by atoms with Gasteiger partial charge >= 0.3 is 7.60 Å². The molecule has 1 aromatic carbocycles. The highest BCUT2D eigenvalue weighted by Crippen LogP contribution is 2.58. The monoisotopic (exact) mass is 259 g/mol. The largest absolute Gasteiger partial charge is 0.508 e. The fourth-order valence-corrected chi connectivity index (χ4v) is 3.09. The zero-order chi connectivity index (χ0) is 12.9. The quantitative estimate of drug-likeness (QED) is 0.767. The first kappa shape index (κ1) is 14.2. The third-order valence-corrected chi connectivity index (χ3v) is 4.39. The van der Waals surface area contributed by atoms with E-state index in [1.54, 1.807) is 26.0 Å². The van der Waals surface area contributed by atoms with E-state index in [9.17, 15) is 9.67 Å². The van der Waals surface area contributed by atoms with Crippen LogP contribution in [0.25, 0.3) is 0 Å². The molecule has 0 aliphatic rings. The predicted octanol–water partition coefficient (Wildman–Crippen LogP) is 2.62. The van der Waals surface area contributed by atoms with E-state index < -0.39 is 13.4 Å². The SMILES string of the molecule is CCOP(=O)(OCC)[C@H](N)c1cccc(O)c1. The molecule has 0 saturated carbocycles. The van der Waals surface area contributed by atoms with Crippen LogP contribution >= 0.6 is 7.60 Å². The zero-order valence-corrected chi connectivity index (χ0v) is 10.9. The first-order chi connectivity index (χ1) is 8.03. The van der Waals surface area contributed by atoms with E-state index in [2.05, 4.69) is 0 Å². The Morgan fingerprint density at radius 1 is 1.35 bits per heavy atom. The fourth-order valence-electron chi connectivity index (χ4n) is 1.45. The van der Waals surface area contributed by atoms with Gasteiger partial charge in [-0.05, 0) is 31.5 Å². The number of hydrogen-bond acceptors (Lipinski definition) is 5. The Hall–Kier alpha value is -0.870. The van der Waals surface area contributed by atoms with Crippen LogP contribution in [-0.2, 0) is 13.6 Å². The maximum absolute atomic E-state index is 12.4. The molecule has 17 heavy (non-hydrogen) atoms. The van der Waals surface area contributed by atoms with Gasteiger partial charge in [-0.25, -0.2) is 0 Å². The van der Waals surface area contributed by atoms with Crippen LogP contribution in [0.15, 0.2) is 24.3 Å². The summed E-state index contributed by atoms with van der Waals surface area (Å²) in [6, 6.07) is 6.28. The van der Waals surface area contributed by atoms with Crippen molar-refractivity contribution in [3.63, 3.8) is 0 Å². The van der Waals surface area contributed by atoms with E-state index in [-0.39, 0.29) is 19.0 Å². The Morgan fingerprint density at radius 3 is 2.41 bits per heavy atom. The van der Waals surface area contributed by atoms with Crippen molar-refractivity contribution in [3.05, 3.63) is 29.8 Å². The minimum atomic E-state index is -3.39. The summed E-state index contributed by atoms with van der Waals surface area (Å²) in [6.45, 7) is 3.95. The lowest BCUT2D eigenvalue weighted by Crippen LogP contribution is -2.14. The molecule has 3 N–H and O–H groups in total. The summed E-state index contributed by atoms with van der Waals surface area (Å²) in [5.74, 6) is -0.827. The molecule has 5 nitrogen and oxygen atoms in total. The smallest absolute Gasteiger partial charge is 0.351 e. The molecule has 0 heterocycles. The minimum Gasteiger partial charge on any atom is -0.508 e. The van der Waals surface area contributed by atoms with Crippen LogP contribution < -0.4 is 5.73 Å². The molecule has 0 fully saturated rings. The van der Waals surface area contributed by atoms with E-state index >= 15 is 0 Å². The number of aromatic hydroxyl groups is 1. The Morgan fingerprint density at radius 2 is 1.94 bits per heavy atom. The Balaban J connectivity index is 2.99. The highest BCUT2D eigenvalue weighted by atomic mass is 31.2. The molecule has 0 spiro atoms. The Labute approximate surface area is 101 Å². The van der Waals surface area contributed by atoms with Gasteiger partial charge in [0.25, 0.3) is 0 Å². The van der Waals surface area contributed by atoms with Crippen LogP contribution in [-0.4, -0.2) is 18.3 Å². The number of hydrogen-bond donors (Lipinski definition) is 2. The van der Waals surface area contributed by atoms with Gasteiger partial charge in [-0.2, -0.15) is 0 Å². The highest BCUT2D eigenvalue weighted by molar-refractivity contribution is 7.54. The van der Waals surface area contributed by atoms with E-state index in [0.29, 0.717) is 5.56 Å². The second-order valence-corrected chi connectivity index (χ2v) is 5.57. The Kier molecular flexibility index (Phi) is 5.15. The molecule has 0 saturated heterocycles. The molecule has 0 radical (unpaired) electrons. The summed E-state index contributed by atoms with van der Waals surface area (Å²) >= 11 is 0. The molecule has 0 aromatic heterocycles. The average Bonchev–Trinajstić information content (AvgIpc) is 2.28. The molecule has 1 rings (SSSR count). The third kappa shape index (κ3) is 3.54. The van der Waals surface area contributed by atoms with Crippen molar-refractivity contribution in [1.29, 1.82) is 0 Å². The van der Waals surface area contributed by atoms with Gasteiger partial charge in [-0.1, -0.05) is 12.1 Å². The van der Waals surface area contributed by atoms with Gasteiger partial charge < -0.3 is 19.9 Å². The number of benzene rings is 1. The molecule has 0 aliphatic heterocycles. The summed E-state index contributed by atoms with van der Waals surface area (Å²) < 4.78 is 22.7. The topological polar surface area (TPSA) is 81.8 Å². The van der Waals surface area contributed by atoms with Gasteiger partial charge in [-0.15, -0.1) is 0 Å². The van der Waals surface area contributed by atoms with E-state index in [4.69, 9.17) is 14.8 Å². The summed E-state index contributed by atoms with van der Waals surface area (Å²) in [5.41, 5.74) is 6.41. The molecule has 6 heteroatoms. The lowest BCUT2D eigenvalue weighted by molar-refractivity contribution is 0.212. The second-order valence-electron chi connectivity index (χ2n) is 3.42. The molecule has 0 aliphatic carbocycles. The first-order valence-electron chi connectivity index (χ1n) is 5.46. The van der Waals surface area contributed by atoms with Gasteiger partial charge in [0.05, 0.1) is 13.2 Å². The Bertz CT molecular complexity index is 400. The van der Waals surface area contributed by atoms with Gasteiger partial charge in [-0.3, -0.25) is 4.57 Å². The molecular formula is C11H18NO4P. The van der Waals surface area contributed by atoms with Gasteiger partial charge in [0, 0.05) is 0 Å². The normalized spacial score (nSPS) is 13.6. The van der Waals surface area contributed by atoms with E-state index in [1.165, 1.54) is 12.1 Å². The summed E-state index contributed by atoms with van der Waals surface area (Å²) in [7, 11) is -3.39. The van der Waals surface area contributed by atoms with Gasteiger partial charge in [0.15, 0.2) is 0 Å². The van der Waals surface area contributed by atoms with Crippen LogP contribution in [0.1, 0.15) is 25.2 Å². The van der Waals surface area contributed by atoms with Crippen molar-refractivity contribution in [2.45, 2.75) is 19.6 Å². The molecule has 96 valence electrons. The standard InChI is InChI=1S/C11H18NO4P/c1-3-15-17(14,16-4-2)11(12)9-6-5-7-10(13)8-9/h5-8,11,13H,3-4,12H2,1-2H3/t11-/m0/s1. The summed E-state index contributed by atoms with van der Waals surface area (Å²) in [5, 5.41) is 9.36. The first-order valence-corrected chi connectivity index (χ1v) is 7.08. The van der Waals surface area contributed by atoms with Gasteiger partial charge in [0.1, 0.15) is 11.5 Å². The van der Waals surface area contributed by atoms with E-state index in [1.807, 2.05) is 0 Å². The zero-order valence-electron chi connectivity index (χ0n) is 10.00. The van der Waals surface area contributed by atoms with Crippen molar-refractivity contribution >= 4 is 7.60 Å². The summed E-state index contributed by atoms with van der Waals surface area (Å²) in [6.07, 6.45) is 0. The van der Waals surface area contributed by atoms with Crippen molar-refractivity contribution in [2.75, 3.05) is 13.2 Å². The van der Waals surface area contributed by atoms with Crippen LogP contribution in [0.5, 0.6) is 5.75 Å². The van der Waals surface area contributed by atoms with Crippen LogP contribution in [0, 0.1) is 0 Å². The van der Waals surface area contributed by atoms with Crippen molar-refractivity contribution in [1.82, 2.24) is 0 Å². The molecule has 1 aromatic rings.